The van der Waals surface area contributed by atoms with E-state index >= 15 is 0 Å². The van der Waals surface area contributed by atoms with Gasteiger partial charge in [0, 0.05) is 32.7 Å². The van der Waals surface area contributed by atoms with Crippen LogP contribution < -0.4 is 0 Å². The Morgan fingerprint density at radius 1 is 0.442 bits per heavy atom. The first-order valence-corrected chi connectivity index (χ1v) is 14.5. The SMILES string of the molecule is c1ccc(-c2nc(-c3cc4c(oc5cccc(-c6ccc7ccccc7c6)c54)c4ccccc34)nc3ccccc23)cc1. The van der Waals surface area contributed by atoms with E-state index in [1.54, 1.807) is 0 Å². The quantitative estimate of drug-likeness (QED) is 0.220. The smallest absolute Gasteiger partial charge is 0.161 e. The van der Waals surface area contributed by atoms with E-state index in [-0.39, 0.29) is 0 Å². The number of rotatable bonds is 3. The van der Waals surface area contributed by atoms with E-state index in [2.05, 4.69) is 127 Å². The average Bonchev–Trinajstić information content (AvgIpc) is 3.47. The average molecular weight is 549 g/mol. The number of nitrogens with zero attached hydrogens (tertiary/aromatic N) is 2. The van der Waals surface area contributed by atoms with E-state index < -0.39 is 0 Å². The van der Waals surface area contributed by atoms with Gasteiger partial charge in [-0.05, 0) is 51.6 Å². The highest BCUT2D eigenvalue weighted by molar-refractivity contribution is 6.22. The number of para-hydroxylation sites is 1. The molecule has 7 aromatic carbocycles. The van der Waals surface area contributed by atoms with Gasteiger partial charge in [0.15, 0.2) is 5.82 Å². The van der Waals surface area contributed by atoms with Gasteiger partial charge in [-0.25, -0.2) is 9.97 Å². The molecule has 0 aliphatic carbocycles. The zero-order valence-corrected chi connectivity index (χ0v) is 23.2. The van der Waals surface area contributed by atoms with Crippen molar-refractivity contribution in [2.45, 2.75) is 0 Å². The number of benzene rings is 7. The molecular formula is C40H24N2O. The molecule has 0 saturated heterocycles. The van der Waals surface area contributed by atoms with E-state index in [9.17, 15) is 0 Å². The first kappa shape index (κ1) is 23.9. The summed E-state index contributed by atoms with van der Waals surface area (Å²) in [5, 5.41) is 7.76. The minimum absolute atomic E-state index is 0.702. The van der Waals surface area contributed by atoms with Gasteiger partial charge >= 0.3 is 0 Å². The highest BCUT2D eigenvalue weighted by Gasteiger charge is 2.20. The van der Waals surface area contributed by atoms with Crippen LogP contribution in [0.25, 0.3) is 88.2 Å². The number of hydrogen-bond donors (Lipinski definition) is 0. The van der Waals surface area contributed by atoms with Crippen molar-refractivity contribution in [2.75, 3.05) is 0 Å². The van der Waals surface area contributed by atoms with Gasteiger partial charge in [0.25, 0.3) is 0 Å². The normalized spacial score (nSPS) is 11.7. The highest BCUT2D eigenvalue weighted by Crippen LogP contribution is 2.43. The van der Waals surface area contributed by atoms with Crippen molar-refractivity contribution in [3.05, 3.63) is 146 Å². The fraction of sp³-hybridized carbons (Fsp3) is 0. The van der Waals surface area contributed by atoms with Gasteiger partial charge in [-0.3, -0.25) is 0 Å². The molecule has 0 radical (unpaired) electrons. The van der Waals surface area contributed by atoms with Crippen molar-refractivity contribution < 1.29 is 4.42 Å². The molecule has 0 spiro atoms. The van der Waals surface area contributed by atoms with Crippen LogP contribution in [-0.2, 0) is 0 Å². The highest BCUT2D eigenvalue weighted by atomic mass is 16.3. The number of furan rings is 1. The molecule has 0 unspecified atom stereocenters. The summed E-state index contributed by atoms with van der Waals surface area (Å²) in [5.74, 6) is 0.702. The van der Waals surface area contributed by atoms with Gasteiger partial charge in [0.1, 0.15) is 11.2 Å². The third-order valence-electron chi connectivity index (χ3n) is 8.45. The fourth-order valence-electron chi connectivity index (χ4n) is 6.44. The maximum Gasteiger partial charge on any atom is 0.161 e. The van der Waals surface area contributed by atoms with E-state index in [0.29, 0.717) is 5.82 Å². The maximum atomic E-state index is 6.63. The third-order valence-corrected chi connectivity index (χ3v) is 8.45. The molecule has 0 amide bonds. The Morgan fingerprint density at radius 3 is 2.07 bits per heavy atom. The van der Waals surface area contributed by atoms with Gasteiger partial charge < -0.3 is 4.42 Å². The van der Waals surface area contributed by atoms with Gasteiger partial charge in [-0.2, -0.15) is 0 Å². The van der Waals surface area contributed by atoms with Crippen LogP contribution in [0.3, 0.4) is 0 Å². The molecule has 200 valence electrons. The number of hydrogen-bond acceptors (Lipinski definition) is 3. The second kappa shape index (κ2) is 9.37. The van der Waals surface area contributed by atoms with Crippen LogP contribution in [-0.4, -0.2) is 9.97 Å². The Bertz CT molecular complexity index is 2510. The Balaban J connectivity index is 1.37. The topological polar surface area (TPSA) is 38.9 Å². The number of fused-ring (bicyclic) bond motifs is 7. The largest absolute Gasteiger partial charge is 0.455 e. The van der Waals surface area contributed by atoms with Crippen LogP contribution in [0.5, 0.6) is 0 Å². The number of aromatic nitrogens is 2. The van der Waals surface area contributed by atoms with E-state index in [0.717, 1.165) is 71.6 Å². The standard InChI is InChI=1S/C40H24N2O/c1-2-12-26(13-3-1)38-32-17-8-9-19-35(32)41-40(42-38)33-24-34-37-29(28-22-21-25-11-4-5-14-27(25)23-28)18-10-20-36(37)43-39(34)31-16-7-6-15-30(31)33/h1-24H. The van der Waals surface area contributed by atoms with Crippen molar-refractivity contribution in [3.8, 4) is 33.8 Å². The summed E-state index contributed by atoms with van der Waals surface area (Å²) in [6.45, 7) is 0. The van der Waals surface area contributed by atoms with E-state index in [4.69, 9.17) is 14.4 Å². The second-order valence-electron chi connectivity index (χ2n) is 11.0. The van der Waals surface area contributed by atoms with Crippen LogP contribution >= 0.6 is 0 Å². The molecule has 0 aliphatic rings. The van der Waals surface area contributed by atoms with Gasteiger partial charge in [-0.15, -0.1) is 0 Å². The lowest BCUT2D eigenvalue weighted by atomic mass is 9.94. The minimum Gasteiger partial charge on any atom is -0.455 e. The van der Waals surface area contributed by atoms with Crippen molar-refractivity contribution in [1.29, 1.82) is 0 Å². The van der Waals surface area contributed by atoms with Crippen LogP contribution in [0.2, 0.25) is 0 Å². The summed E-state index contributed by atoms with van der Waals surface area (Å²) in [7, 11) is 0. The second-order valence-corrected chi connectivity index (χ2v) is 11.0. The van der Waals surface area contributed by atoms with Crippen molar-refractivity contribution in [3.63, 3.8) is 0 Å². The zero-order chi connectivity index (χ0) is 28.3. The maximum absolute atomic E-state index is 6.63. The molecule has 9 rings (SSSR count). The molecule has 2 aromatic heterocycles. The van der Waals surface area contributed by atoms with E-state index in [1.165, 1.54) is 10.8 Å². The molecule has 0 bridgehead atoms. The van der Waals surface area contributed by atoms with Crippen molar-refractivity contribution >= 4 is 54.4 Å². The van der Waals surface area contributed by atoms with Crippen LogP contribution in [0.1, 0.15) is 0 Å². The molecule has 3 heteroatoms. The van der Waals surface area contributed by atoms with Crippen LogP contribution in [0, 0.1) is 0 Å². The summed E-state index contributed by atoms with van der Waals surface area (Å²) >= 11 is 0. The Labute approximate surface area is 247 Å². The molecule has 3 nitrogen and oxygen atoms in total. The van der Waals surface area contributed by atoms with Gasteiger partial charge in [0.2, 0.25) is 0 Å². The Hall–Kier alpha value is -5.80. The van der Waals surface area contributed by atoms with Crippen molar-refractivity contribution in [2.24, 2.45) is 0 Å². The molecule has 0 saturated carbocycles. The Morgan fingerprint density at radius 2 is 1.19 bits per heavy atom. The summed E-state index contributed by atoms with van der Waals surface area (Å²) in [6.07, 6.45) is 0. The summed E-state index contributed by atoms with van der Waals surface area (Å²) in [4.78, 5) is 10.4. The summed E-state index contributed by atoms with van der Waals surface area (Å²) < 4.78 is 6.63. The van der Waals surface area contributed by atoms with Crippen molar-refractivity contribution in [1.82, 2.24) is 9.97 Å². The molecule has 0 atom stereocenters. The molecule has 43 heavy (non-hydrogen) atoms. The predicted molar refractivity (Wildman–Crippen MR) is 178 cm³/mol. The minimum atomic E-state index is 0.702. The van der Waals surface area contributed by atoms with Gasteiger partial charge in [-0.1, -0.05) is 121 Å². The molecule has 0 aliphatic heterocycles. The van der Waals surface area contributed by atoms with Crippen LogP contribution in [0.4, 0.5) is 0 Å². The predicted octanol–water partition coefficient (Wildman–Crippen LogP) is 10.8. The lowest BCUT2D eigenvalue weighted by Gasteiger charge is -2.12. The molecular weight excluding hydrogens is 524 g/mol. The summed E-state index contributed by atoms with van der Waals surface area (Å²) in [5.41, 5.74) is 7.97. The van der Waals surface area contributed by atoms with Gasteiger partial charge in [0.05, 0.1) is 11.2 Å². The summed E-state index contributed by atoms with van der Waals surface area (Å²) in [6, 6.07) is 50.8. The molecule has 9 aromatic rings. The Kier molecular flexibility index (Phi) is 5.20. The fourth-order valence-corrected chi connectivity index (χ4v) is 6.44. The van der Waals surface area contributed by atoms with E-state index in [1.807, 2.05) is 18.2 Å². The lowest BCUT2D eigenvalue weighted by Crippen LogP contribution is -1.96. The van der Waals surface area contributed by atoms with Crippen LogP contribution in [0.15, 0.2) is 150 Å². The first-order chi connectivity index (χ1) is 21.3. The third kappa shape index (κ3) is 3.75. The molecule has 0 N–H and O–H groups in total. The lowest BCUT2D eigenvalue weighted by molar-refractivity contribution is 0.673. The molecule has 2 heterocycles. The monoisotopic (exact) mass is 548 g/mol. The first-order valence-electron chi connectivity index (χ1n) is 14.5. The molecule has 0 fully saturated rings. The zero-order valence-electron chi connectivity index (χ0n) is 23.2.